The number of hydrogen-bond acceptors (Lipinski definition) is 6. The Hall–Kier alpha value is -1.22. The molecule has 6 nitrogen and oxygen atoms in total. The highest BCUT2D eigenvalue weighted by Gasteiger charge is 2.34. The molecule has 0 saturated carbocycles. The number of rotatable bonds is 4. The Morgan fingerprint density at radius 1 is 1.38 bits per heavy atom. The maximum atomic E-state index is 12.4. The molecule has 3 rings (SSSR count). The summed E-state index contributed by atoms with van der Waals surface area (Å²) >= 11 is 6.86. The molecule has 1 fully saturated rings. The van der Waals surface area contributed by atoms with Gasteiger partial charge < -0.3 is 4.74 Å². The van der Waals surface area contributed by atoms with Gasteiger partial charge in [-0.3, -0.25) is 0 Å². The fraction of sp³-hybridized carbons (Fsp3) is 0.333. The third-order valence-electron chi connectivity index (χ3n) is 3.09. The van der Waals surface area contributed by atoms with Crippen LogP contribution in [0.1, 0.15) is 6.42 Å². The van der Waals surface area contributed by atoms with Crippen molar-refractivity contribution in [1.82, 2.24) is 14.5 Å². The van der Waals surface area contributed by atoms with E-state index < -0.39 is 10.0 Å². The molecular weight excluding hydrogens is 334 g/mol. The van der Waals surface area contributed by atoms with Gasteiger partial charge in [-0.05, 0) is 24.6 Å². The molecule has 1 saturated heterocycles. The molecule has 0 N–H and O–H groups in total. The Morgan fingerprint density at radius 3 is 2.90 bits per heavy atom. The summed E-state index contributed by atoms with van der Waals surface area (Å²) in [6.45, 7) is 0.719. The van der Waals surface area contributed by atoms with Crippen LogP contribution in [0, 0.1) is 0 Å². The number of halogens is 1. The molecule has 0 amide bonds. The highest BCUT2D eigenvalue weighted by atomic mass is 35.5. The molecule has 0 aromatic carbocycles. The second-order valence-electron chi connectivity index (χ2n) is 4.51. The third kappa shape index (κ3) is 3.18. The fourth-order valence-corrected chi connectivity index (χ4v) is 5.22. The molecule has 0 aliphatic carbocycles. The lowest BCUT2D eigenvalue weighted by Crippen LogP contribution is -2.30. The number of thiophene rings is 1. The van der Waals surface area contributed by atoms with Gasteiger partial charge in [0, 0.05) is 18.8 Å². The second kappa shape index (κ2) is 5.88. The van der Waals surface area contributed by atoms with Gasteiger partial charge in [0.1, 0.15) is 10.3 Å². The van der Waals surface area contributed by atoms with E-state index in [0.717, 1.165) is 11.3 Å². The van der Waals surface area contributed by atoms with Crippen LogP contribution in [0.5, 0.6) is 5.88 Å². The van der Waals surface area contributed by atoms with Crippen LogP contribution < -0.4 is 4.74 Å². The van der Waals surface area contributed by atoms with Gasteiger partial charge in [-0.25, -0.2) is 8.42 Å². The van der Waals surface area contributed by atoms with Gasteiger partial charge in [0.05, 0.1) is 10.9 Å². The number of ether oxygens (including phenoxy) is 1. The first-order valence-corrected chi connectivity index (χ1v) is 8.89. The van der Waals surface area contributed by atoms with E-state index in [-0.39, 0.29) is 10.3 Å². The Bertz CT molecular complexity index is 720. The topological polar surface area (TPSA) is 72.4 Å². The molecule has 3 heterocycles. The molecule has 2 aromatic rings. The van der Waals surface area contributed by atoms with Gasteiger partial charge in [-0.15, -0.1) is 16.4 Å². The fourth-order valence-electron chi connectivity index (χ4n) is 2.10. The largest absolute Gasteiger partial charge is 0.472 e. The van der Waals surface area contributed by atoms with Crippen LogP contribution in [-0.2, 0) is 10.0 Å². The molecule has 0 bridgehead atoms. The minimum absolute atomic E-state index is 0.216. The molecule has 9 heteroatoms. The zero-order valence-electron chi connectivity index (χ0n) is 10.8. The average Bonchev–Trinajstić information content (AvgIpc) is 3.10. The first-order chi connectivity index (χ1) is 10.1. The highest BCUT2D eigenvalue weighted by Crippen LogP contribution is 2.30. The van der Waals surface area contributed by atoms with Gasteiger partial charge >= 0.3 is 0 Å². The predicted octanol–water partition coefficient (Wildman–Crippen LogP) is 2.03. The number of hydrogen-bond donors (Lipinski definition) is 0. The van der Waals surface area contributed by atoms with Crippen molar-refractivity contribution >= 4 is 33.0 Å². The molecular formula is C12H12ClN3O3S2. The van der Waals surface area contributed by atoms with Crippen molar-refractivity contribution in [2.45, 2.75) is 16.7 Å². The van der Waals surface area contributed by atoms with Crippen molar-refractivity contribution in [3.63, 3.8) is 0 Å². The molecule has 2 aromatic heterocycles. The van der Waals surface area contributed by atoms with Crippen LogP contribution in [0.4, 0.5) is 0 Å². The zero-order chi connectivity index (χ0) is 14.9. The summed E-state index contributed by atoms with van der Waals surface area (Å²) in [6, 6.07) is 6.53. The van der Waals surface area contributed by atoms with Crippen molar-refractivity contribution in [2.24, 2.45) is 0 Å². The van der Waals surface area contributed by atoms with Gasteiger partial charge in [0.15, 0.2) is 0 Å². The summed E-state index contributed by atoms with van der Waals surface area (Å²) in [4.78, 5) is 0. The lowest BCUT2D eigenvalue weighted by molar-refractivity contribution is 0.204. The Kier molecular flexibility index (Phi) is 4.12. The molecule has 1 aliphatic heterocycles. The Morgan fingerprint density at radius 2 is 2.24 bits per heavy atom. The second-order valence-corrected chi connectivity index (χ2v) is 8.39. The predicted molar refractivity (Wildman–Crippen MR) is 79.2 cm³/mol. The molecule has 1 atom stereocenters. The lowest BCUT2D eigenvalue weighted by atomic mass is 10.3. The van der Waals surface area contributed by atoms with E-state index in [4.69, 9.17) is 16.3 Å². The van der Waals surface area contributed by atoms with Crippen LogP contribution in [0.2, 0.25) is 4.34 Å². The molecule has 1 aliphatic rings. The van der Waals surface area contributed by atoms with Crippen LogP contribution in [-0.4, -0.2) is 42.1 Å². The number of nitrogens with zero attached hydrogens (tertiary/aromatic N) is 3. The Labute approximate surface area is 131 Å². The van der Waals surface area contributed by atoms with Crippen LogP contribution >= 0.6 is 22.9 Å². The van der Waals surface area contributed by atoms with Crippen LogP contribution in [0.25, 0.3) is 0 Å². The van der Waals surface area contributed by atoms with Crippen molar-refractivity contribution in [3.8, 4) is 5.88 Å². The van der Waals surface area contributed by atoms with Crippen molar-refractivity contribution in [3.05, 3.63) is 34.8 Å². The summed E-state index contributed by atoms with van der Waals surface area (Å²) in [5.41, 5.74) is 0. The quantitative estimate of drug-likeness (QED) is 0.847. The SMILES string of the molecule is O=S(=O)(c1ccc(Cl)s1)N1CC[C@H](Oc2cccnn2)C1. The van der Waals surface area contributed by atoms with E-state index in [1.807, 2.05) is 0 Å². The molecule has 21 heavy (non-hydrogen) atoms. The molecule has 0 spiro atoms. The smallest absolute Gasteiger partial charge is 0.252 e. The van der Waals surface area contributed by atoms with Gasteiger partial charge in [0.2, 0.25) is 5.88 Å². The first-order valence-electron chi connectivity index (χ1n) is 6.25. The van der Waals surface area contributed by atoms with Crippen molar-refractivity contribution < 1.29 is 13.2 Å². The zero-order valence-corrected chi connectivity index (χ0v) is 13.2. The minimum atomic E-state index is -3.49. The van der Waals surface area contributed by atoms with Crippen LogP contribution in [0.3, 0.4) is 0 Å². The van der Waals surface area contributed by atoms with Crippen molar-refractivity contribution in [2.75, 3.05) is 13.1 Å². The molecule has 0 radical (unpaired) electrons. The van der Waals surface area contributed by atoms with E-state index in [9.17, 15) is 8.42 Å². The highest BCUT2D eigenvalue weighted by molar-refractivity contribution is 7.91. The lowest BCUT2D eigenvalue weighted by Gasteiger charge is -2.15. The van der Waals surface area contributed by atoms with Crippen LogP contribution in [0.15, 0.2) is 34.7 Å². The maximum absolute atomic E-state index is 12.4. The third-order valence-corrected chi connectivity index (χ3v) is 6.65. The molecule has 0 unspecified atom stereocenters. The van der Waals surface area contributed by atoms with Gasteiger partial charge in [-0.2, -0.15) is 9.40 Å². The standard InChI is InChI=1S/C12H12ClN3O3S2/c13-10-3-4-12(20-10)21(17,18)16-7-5-9(8-16)19-11-2-1-6-14-15-11/h1-4,6,9H,5,7-8H2/t9-/m0/s1. The summed E-state index contributed by atoms with van der Waals surface area (Å²) in [5.74, 6) is 0.404. The number of aromatic nitrogens is 2. The summed E-state index contributed by atoms with van der Waals surface area (Å²) in [6.07, 6.45) is 1.96. The monoisotopic (exact) mass is 345 g/mol. The van der Waals surface area contributed by atoms with E-state index in [1.54, 1.807) is 24.4 Å². The first kappa shape index (κ1) is 14.7. The van der Waals surface area contributed by atoms with Crippen molar-refractivity contribution in [1.29, 1.82) is 0 Å². The van der Waals surface area contributed by atoms with Gasteiger partial charge in [0.25, 0.3) is 10.0 Å². The summed E-state index contributed by atoms with van der Waals surface area (Å²) in [5, 5.41) is 7.56. The molecule has 112 valence electrons. The number of sulfonamides is 1. The Balaban J connectivity index is 1.69. The maximum Gasteiger partial charge on any atom is 0.252 e. The van der Waals surface area contributed by atoms with Gasteiger partial charge in [-0.1, -0.05) is 11.6 Å². The minimum Gasteiger partial charge on any atom is -0.472 e. The average molecular weight is 346 g/mol. The summed E-state index contributed by atoms with van der Waals surface area (Å²) in [7, 11) is -3.49. The normalized spacial score (nSPS) is 19.8. The van der Waals surface area contributed by atoms with E-state index >= 15 is 0 Å². The summed E-state index contributed by atoms with van der Waals surface area (Å²) < 4.78 is 32.6. The van der Waals surface area contributed by atoms with E-state index in [1.165, 1.54) is 10.4 Å². The van der Waals surface area contributed by atoms with E-state index in [0.29, 0.717) is 29.7 Å². The van der Waals surface area contributed by atoms with E-state index in [2.05, 4.69) is 10.2 Å².